The zero-order valence-corrected chi connectivity index (χ0v) is 12.5. The predicted octanol–water partition coefficient (Wildman–Crippen LogP) is 3.27. The second-order valence-electron chi connectivity index (χ2n) is 5.34. The molecule has 0 spiro atoms. The van der Waals surface area contributed by atoms with Gasteiger partial charge in [-0.2, -0.15) is 0 Å². The summed E-state index contributed by atoms with van der Waals surface area (Å²) in [5.41, 5.74) is 2.76. The Morgan fingerprint density at radius 1 is 1.05 bits per heavy atom. The summed E-state index contributed by atoms with van der Waals surface area (Å²) < 4.78 is 0. The molecule has 2 aromatic rings. The molecule has 0 aromatic heterocycles. The third-order valence-electron chi connectivity index (χ3n) is 3.44. The van der Waals surface area contributed by atoms with Crippen molar-refractivity contribution in [2.75, 3.05) is 5.32 Å². The van der Waals surface area contributed by atoms with Crippen LogP contribution in [0.2, 0.25) is 0 Å². The molecule has 1 amide bonds. The van der Waals surface area contributed by atoms with Crippen molar-refractivity contribution >= 4 is 17.6 Å². The molecule has 0 heterocycles. The molecule has 0 bridgehead atoms. The van der Waals surface area contributed by atoms with E-state index in [2.05, 4.69) is 5.32 Å². The highest BCUT2D eigenvalue weighted by atomic mass is 16.4. The minimum Gasteiger partial charge on any atom is -0.481 e. The lowest BCUT2D eigenvalue weighted by molar-refractivity contribution is -0.140. The predicted molar refractivity (Wildman–Crippen MR) is 85.7 cm³/mol. The number of amides is 1. The van der Waals surface area contributed by atoms with Gasteiger partial charge in [0.15, 0.2) is 0 Å². The molecule has 2 rings (SSSR count). The summed E-state index contributed by atoms with van der Waals surface area (Å²) in [6.07, 6.45) is 0.220. The van der Waals surface area contributed by atoms with Crippen LogP contribution in [0.3, 0.4) is 0 Å². The Balaban J connectivity index is 2.09. The van der Waals surface area contributed by atoms with E-state index in [0.717, 1.165) is 11.1 Å². The average Bonchev–Trinajstić information content (AvgIpc) is 2.49. The molecule has 114 valence electrons. The first kappa shape index (κ1) is 15.8. The number of carbonyl (C=O) groups is 2. The number of carbonyl (C=O) groups excluding carboxylic acids is 1. The van der Waals surface area contributed by atoms with Crippen LogP contribution in [0.4, 0.5) is 5.69 Å². The van der Waals surface area contributed by atoms with Crippen LogP contribution in [0.25, 0.3) is 0 Å². The number of aliphatic carboxylic acids is 1. The number of anilines is 1. The second-order valence-corrected chi connectivity index (χ2v) is 5.34. The van der Waals surface area contributed by atoms with E-state index in [1.54, 1.807) is 12.1 Å². The van der Waals surface area contributed by atoms with Crippen molar-refractivity contribution in [3.8, 4) is 0 Å². The standard InChI is InChI=1S/C18H19NO3/c1-13-7-9-14(10-8-13)11-15(12-17(20)21)18(22)19-16-5-3-2-4-6-16/h2-10,15H,11-12H2,1H3,(H,19,22)(H,20,21). The first-order valence-corrected chi connectivity index (χ1v) is 7.18. The largest absolute Gasteiger partial charge is 0.481 e. The molecule has 0 radical (unpaired) electrons. The van der Waals surface area contributed by atoms with E-state index in [1.165, 1.54) is 0 Å². The Labute approximate surface area is 129 Å². The number of hydrogen-bond acceptors (Lipinski definition) is 2. The van der Waals surface area contributed by atoms with Crippen LogP contribution >= 0.6 is 0 Å². The van der Waals surface area contributed by atoms with Gasteiger partial charge in [-0.1, -0.05) is 48.0 Å². The number of rotatable bonds is 6. The third kappa shape index (κ3) is 4.74. The molecular formula is C18H19NO3. The minimum atomic E-state index is -0.972. The number of hydrogen-bond donors (Lipinski definition) is 2. The molecule has 2 aromatic carbocycles. The molecule has 0 aliphatic heterocycles. The number of aryl methyl sites for hydroxylation is 1. The van der Waals surface area contributed by atoms with Gasteiger partial charge in [0.1, 0.15) is 0 Å². The fourth-order valence-electron chi connectivity index (χ4n) is 2.24. The molecule has 0 saturated heterocycles. The van der Waals surface area contributed by atoms with E-state index in [0.29, 0.717) is 12.1 Å². The van der Waals surface area contributed by atoms with Gasteiger partial charge < -0.3 is 10.4 Å². The fraction of sp³-hybridized carbons (Fsp3) is 0.222. The molecule has 0 aliphatic carbocycles. The normalized spacial score (nSPS) is 11.7. The summed E-state index contributed by atoms with van der Waals surface area (Å²) in [4.78, 5) is 23.4. The molecule has 4 nitrogen and oxygen atoms in total. The SMILES string of the molecule is Cc1ccc(CC(CC(=O)O)C(=O)Nc2ccccc2)cc1. The van der Waals surface area contributed by atoms with Crippen LogP contribution in [0.15, 0.2) is 54.6 Å². The summed E-state index contributed by atoms with van der Waals surface area (Å²) in [5.74, 6) is -1.84. The number of para-hydroxylation sites is 1. The minimum absolute atomic E-state index is 0.188. The first-order chi connectivity index (χ1) is 10.5. The molecule has 22 heavy (non-hydrogen) atoms. The van der Waals surface area contributed by atoms with Crippen molar-refractivity contribution in [1.82, 2.24) is 0 Å². The smallest absolute Gasteiger partial charge is 0.304 e. The second kappa shape index (κ2) is 7.41. The molecule has 0 aliphatic rings. The van der Waals surface area contributed by atoms with Gasteiger partial charge in [-0.25, -0.2) is 0 Å². The van der Waals surface area contributed by atoms with E-state index >= 15 is 0 Å². The van der Waals surface area contributed by atoms with Gasteiger partial charge in [0.05, 0.1) is 12.3 Å². The number of benzene rings is 2. The number of nitrogens with one attached hydrogen (secondary N) is 1. The van der Waals surface area contributed by atoms with Gasteiger partial charge >= 0.3 is 5.97 Å². The van der Waals surface area contributed by atoms with E-state index in [4.69, 9.17) is 5.11 Å². The Kier molecular flexibility index (Phi) is 5.31. The zero-order valence-electron chi connectivity index (χ0n) is 12.5. The maximum absolute atomic E-state index is 12.3. The van der Waals surface area contributed by atoms with Crippen LogP contribution in [0, 0.1) is 12.8 Å². The van der Waals surface area contributed by atoms with Gasteiger partial charge in [0, 0.05) is 5.69 Å². The highest BCUT2D eigenvalue weighted by Gasteiger charge is 2.22. The Bertz CT molecular complexity index is 635. The Morgan fingerprint density at radius 3 is 2.27 bits per heavy atom. The monoisotopic (exact) mass is 297 g/mol. The van der Waals surface area contributed by atoms with Gasteiger partial charge in [-0.05, 0) is 31.0 Å². The van der Waals surface area contributed by atoms with Gasteiger partial charge in [0.2, 0.25) is 5.91 Å². The molecule has 1 atom stereocenters. The van der Waals surface area contributed by atoms with Crippen LogP contribution in [0.1, 0.15) is 17.5 Å². The molecule has 0 saturated carbocycles. The van der Waals surface area contributed by atoms with E-state index in [-0.39, 0.29) is 12.3 Å². The van der Waals surface area contributed by atoms with Crippen molar-refractivity contribution < 1.29 is 14.7 Å². The number of carboxylic acid groups (broad SMARTS) is 1. The van der Waals surface area contributed by atoms with Gasteiger partial charge in [0.25, 0.3) is 0 Å². The van der Waals surface area contributed by atoms with E-state index in [1.807, 2.05) is 49.4 Å². The molecule has 0 fully saturated rings. The summed E-state index contributed by atoms with van der Waals surface area (Å²) >= 11 is 0. The summed E-state index contributed by atoms with van der Waals surface area (Å²) in [5, 5.41) is 11.8. The summed E-state index contributed by atoms with van der Waals surface area (Å²) in [6.45, 7) is 1.99. The fourth-order valence-corrected chi connectivity index (χ4v) is 2.24. The Hall–Kier alpha value is -2.62. The molecular weight excluding hydrogens is 278 g/mol. The van der Waals surface area contributed by atoms with Gasteiger partial charge in [-0.15, -0.1) is 0 Å². The van der Waals surface area contributed by atoms with Crippen molar-refractivity contribution in [1.29, 1.82) is 0 Å². The lowest BCUT2D eigenvalue weighted by atomic mass is 9.94. The molecule has 2 N–H and O–H groups in total. The van der Waals surface area contributed by atoms with Crippen LogP contribution in [-0.4, -0.2) is 17.0 Å². The average molecular weight is 297 g/mol. The van der Waals surface area contributed by atoms with Gasteiger partial charge in [-0.3, -0.25) is 9.59 Å². The van der Waals surface area contributed by atoms with E-state index < -0.39 is 11.9 Å². The maximum Gasteiger partial charge on any atom is 0.304 e. The third-order valence-corrected chi connectivity index (χ3v) is 3.44. The Morgan fingerprint density at radius 2 is 1.68 bits per heavy atom. The van der Waals surface area contributed by atoms with Crippen LogP contribution in [0.5, 0.6) is 0 Å². The molecule has 4 heteroatoms. The quantitative estimate of drug-likeness (QED) is 0.860. The first-order valence-electron chi connectivity index (χ1n) is 7.18. The topological polar surface area (TPSA) is 66.4 Å². The van der Waals surface area contributed by atoms with Crippen molar-refractivity contribution in [3.63, 3.8) is 0 Å². The van der Waals surface area contributed by atoms with Crippen molar-refractivity contribution in [2.24, 2.45) is 5.92 Å². The lowest BCUT2D eigenvalue weighted by Crippen LogP contribution is -2.27. The van der Waals surface area contributed by atoms with Crippen LogP contribution in [-0.2, 0) is 16.0 Å². The number of carboxylic acids is 1. The van der Waals surface area contributed by atoms with E-state index in [9.17, 15) is 9.59 Å². The maximum atomic E-state index is 12.3. The van der Waals surface area contributed by atoms with Crippen molar-refractivity contribution in [2.45, 2.75) is 19.8 Å². The van der Waals surface area contributed by atoms with Crippen molar-refractivity contribution in [3.05, 3.63) is 65.7 Å². The van der Waals surface area contributed by atoms with Crippen LogP contribution < -0.4 is 5.32 Å². The lowest BCUT2D eigenvalue weighted by Gasteiger charge is -2.15. The zero-order chi connectivity index (χ0) is 15.9. The highest BCUT2D eigenvalue weighted by Crippen LogP contribution is 2.16. The molecule has 1 unspecified atom stereocenters. The summed E-state index contributed by atoms with van der Waals surface area (Å²) in [6, 6.07) is 16.8. The highest BCUT2D eigenvalue weighted by molar-refractivity contribution is 5.94. The summed E-state index contributed by atoms with van der Waals surface area (Å²) in [7, 11) is 0.